The monoisotopic (exact) mass is 227 g/mol. The predicted octanol–water partition coefficient (Wildman–Crippen LogP) is 1.69. The van der Waals surface area contributed by atoms with E-state index < -0.39 is 0 Å². The highest BCUT2D eigenvalue weighted by Crippen LogP contribution is 2.17. The van der Waals surface area contributed by atoms with Crippen LogP contribution in [0, 0.1) is 0 Å². The average Bonchev–Trinajstić information content (AvgIpc) is 1.99. The maximum absolute atomic E-state index is 5.73. The van der Waals surface area contributed by atoms with Crippen LogP contribution in [-0.4, -0.2) is 29.6 Å². The summed E-state index contributed by atoms with van der Waals surface area (Å²) in [7, 11) is 2.18. The zero-order chi connectivity index (χ0) is 10.5. The molecular formula is C9H21Cl2N2+. The zero-order valence-corrected chi connectivity index (χ0v) is 10.5. The molecule has 0 radical (unpaired) electrons. The van der Waals surface area contributed by atoms with Gasteiger partial charge < -0.3 is 4.90 Å². The van der Waals surface area contributed by atoms with Gasteiger partial charge in [-0.15, -0.1) is 3.94 Å². The SMILES string of the molecule is CCCC[NH+](C)CC(C)(C)N(Cl)Cl. The molecule has 0 aromatic rings. The minimum absolute atomic E-state index is 0.152. The molecule has 0 aliphatic heterocycles. The van der Waals surface area contributed by atoms with E-state index in [9.17, 15) is 0 Å². The van der Waals surface area contributed by atoms with Gasteiger partial charge in [0.05, 0.1) is 25.7 Å². The standard InChI is InChI=1S/C9H20Cl2N2/c1-5-6-7-12(4)8-9(2,3)13(10)11/h5-8H2,1-4H3/p+1. The van der Waals surface area contributed by atoms with Crippen molar-refractivity contribution < 1.29 is 4.90 Å². The third-order valence-electron chi connectivity index (χ3n) is 2.15. The van der Waals surface area contributed by atoms with E-state index in [1.807, 2.05) is 13.8 Å². The summed E-state index contributed by atoms with van der Waals surface area (Å²) in [5.74, 6) is 0. The molecule has 80 valence electrons. The van der Waals surface area contributed by atoms with Gasteiger partial charge in [-0.05, 0) is 43.8 Å². The molecule has 0 aromatic carbocycles. The summed E-state index contributed by atoms with van der Waals surface area (Å²) in [6.45, 7) is 8.43. The molecule has 0 saturated carbocycles. The number of nitrogens with zero attached hydrogens (tertiary/aromatic N) is 1. The first-order valence-electron chi connectivity index (χ1n) is 4.83. The number of hydrogen-bond donors (Lipinski definition) is 1. The van der Waals surface area contributed by atoms with Crippen LogP contribution in [0.15, 0.2) is 0 Å². The summed E-state index contributed by atoms with van der Waals surface area (Å²) in [5, 5.41) is 0. The van der Waals surface area contributed by atoms with Gasteiger partial charge in [-0.3, -0.25) is 0 Å². The van der Waals surface area contributed by atoms with Gasteiger partial charge in [0, 0.05) is 0 Å². The molecule has 0 fully saturated rings. The van der Waals surface area contributed by atoms with E-state index in [1.54, 1.807) is 0 Å². The molecule has 1 N–H and O–H groups in total. The van der Waals surface area contributed by atoms with Crippen LogP contribution in [0.3, 0.4) is 0 Å². The molecule has 0 rings (SSSR count). The molecule has 2 nitrogen and oxygen atoms in total. The van der Waals surface area contributed by atoms with Gasteiger partial charge in [0.1, 0.15) is 0 Å². The highest BCUT2D eigenvalue weighted by molar-refractivity contribution is 6.34. The van der Waals surface area contributed by atoms with Crippen LogP contribution in [0.5, 0.6) is 0 Å². The number of nitrogens with one attached hydrogen (secondary N) is 1. The molecule has 4 heteroatoms. The lowest BCUT2D eigenvalue weighted by atomic mass is 10.1. The van der Waals surface area contributed by atoms with Gasteiger partial charge in [0.25, 0.3) is 0 Å². The smallest absolute Gasteiger partial charge is 0.0977 e. The highest BCUT2D eigenvalue weighted by atomic mass is 35.5. The molecule has 1 atom stereocenters. The number of unbranched alkanes of at least 4 members (excludes halogenated alkanes) is 1. The lowest BCUT2D eigenvalue weighted by molar-refractivity contribution is -0.884. The Morgan fingerprint density at radius 3 is 2.23 bits per heavy atom. The van der Waals surface area contributed by atoms with Crippen molar-refractivity contribution in [2.24, 2.45) is 0 Å². The Kier molecular flexibility index (Phi) is 6.31. The first-order valence-corrected chi connectivity index (χ1v) is 5.51. The maximum atomic E-state index is 5.73. The van der Waals surface area contributed by atoms with Crippen molar-refractivity contribution in [2.75, 3.05) is 20.1 Å². The second-order valence-corrected chi connectivity index (χ2v) is 5.13. The average molecular weight is 228 g/mol. The second-order valence-electron chi connectivity index (χ2n) is 4.28. The van der Waals surface area contributed by atoms with E-state index in [2.05, 4.69) is 14.0 Å². The van der Waals surface area contributed by atoms with Gasteiger partial charge in [-0.2, -0.15) is 0 Å². The van der Waals surface area contributed by atoms with Gasteiger partial charge in [0.2, 0.25) is 0 Å². The van der Waals surface area contributed by atoms with E-state index in [1.165, 1.54) is 28.2 Å². The first-order chi connectivity index (χ1) is 5.90. The minimum Gasteiger partial charge on any atom is -0.336 e. The Bertz CT molecular complexity index is 138. The number of rotatable bonds is 6. The van der Waals surface area contributed by atoms with E-state index in [0.29, 0.717) is 0 Å². The summed E-state index contributed by atoms with van der Waals surface area (Å²) >= 11 is 11.5. The minimum atomic E-state index is -0.152. The Morgan fingerprint density at radius 2 is 1.85 bits per heavy atom. The van der Waals surface area contributed by atoms with Gasteiger partial charge in [0.15, 0.2) is 0 Å². The molecule has 0 amide bonds. The molecule has 0 aromatic heterocycles. The summed E-state index contributed by atoms with van der Waals surface area (Å²) in [6.07, 6.45) is 2.50. The fraction of sp³-hybridized carbons (Fsp3) is 1.00. The van der Waals surface area contributed by atoms with Crippen LogP contribution in [0.25, 0.3) is 0 Å². The van der Waals surface area contributed by atoms with Gasteiger partial charge >= 0.3 is 0 Å². The Balaban J connectivity index is 3.82. The van der Waals surface area contributed by atoms with Crippen molar-refractivity contribution in [3.05, 3.63) is 0 Å². The lowest BCUT2D eigenvalue weighted by Crippen LogP contribution is -3.11. The number of hydrogen-bond acceptors (Lipinski definition) is 1. The summed E-state index contributed by atoms with van der Waals surface area (Å²) in [6, 6.07) is 0. The fourth-order valence-electron chi connectivity index (χ4n) is 1.37. The van der Waals surface area contributed by atoms with Gasteiger partial charge in [-0.25, -0.2) is 0 Å². The Morgan fingerprint density at radius 1 is 1.31 bits per heavy atom. The largest absolute Gasteiger partial charge is 0.336 e. The van der Waals surface area contributed by atoms with E-state index in [4.69, 9.17) is 23.6 Å². The van der Waals surface area contributed by atoms with Crippen LogP contribution in [0.1, 0.15) is 33.6 Å². The van der Waals surface area contributed by atoms with Crippen molar-refractivity contribution in [1.29, 1.82) is 0 Å². The van der Waals surface area contributed by atoms with Crippen LogP contribution < -0.4 is 4.90 Å². The molecule has 0 aliphatic rings. The van der Waals surface area contributed by atoms with Crippen molar-refractivity contribution in [2.45, 2.75) is 39.2 Å². The van der Waals surface area contributed by atoms with E-state index in [-0.39, 0.29) is 5.54 Å². The number of halogens is 2. The predicted molar refractivity (Wildman–Crippen MR) is 59.2 cm³/mol. The fourth-order valence-corrected chi connectivity index (χ4v) is 1.48. The highest BCUT2D eigenvalue weighted by Gasteiger charge is 2.28. The second kappa shape index (κ2) is 6.07. The van der Waals surface area contributed by atoms with Crippen molar-refractivity contribution in [3.8, 4) is 0 Å². The third kappa shape index (κ3) is 5.74. The molecule has 0 bridgehead atoms. The molecule has 0 spiro atoms. The summed E-state index contributed by atoms with van der Waals surface area (Å²) in [5.41, 5.74) is -0.152. The topological polar surface area (TPSA) is 7.68 Å². The van der Waals surface area contributed by atoms with Crippen LogP contribution in [0.2, 0.25) is 0 Å². The third-order valence-corrected chi connectivity index (χ3v) is 3.06. The van der Waals surface area contributed by atoms with Crippen LogP contribution in [-0.2, 0) is 0 Å². The number of quaternary nitrogens is 1. The van der Waals surface area contributed by atoms with Crippen molar-refractivity contribution in [3.63, 3.8) is 0 Å². The van der Waals surface area contributed by atoms with Crippen LogP contribution >= 0.6 is 23.6 Å². The van der Waals surface area contributed by atoms with E-state index in [0.717, 1.165) is 6.54 Å². The van der Waals surface area contributed by atoms with Crippen molar-refractivity contribution in [1.82, 2.24) is 3.94 Å². The van der Waals surface area contributed by atoms with Crippen molar-refractivity contribution >= 4 is 23.6 Å². The zero-order valence-electron chi connectivity index (χ0n) is 9.03. The summed E-state index contributed by atoms with van der Waals surface area (Å²) < 4.78 is 1.25. The molecule has 0 aliphatic carbocycles. The van der Waals surface area contributed by atoms with Gasteiger partial charge in [-0.1, -0.05) is 13.3 Å². The van der Waals surface area contributed by atoms with Crippen LogP contribution in [0.4, 0.5) is 0 Å². The Hall–Kier alpha value is 0.500. The van der Waals surface area contributed by atoms with E-state index >= 15 is 0 Å². The number of likely N-dealkylation sites (N-methyl/N-ethyl adjacent to an activating group) is 1. The molecular weight excluding hydrogens is 207 g/mol. The first kappa shape index (κ1) is 13.5. The maximum Gasteiger partial charge on any atom is 0.0977 e. The summed E-state index contributed by atoms with van der Waals surface area (Å²) in [4.78, 5) is 1.47. The molecule has 1 unspecified atom stereocenters. The Labute approximate surface area is 92.0 Å². The lowest BCUT2D eigenvalue weighted by Gasteiger charge is -2.29. The molecule has 0 saturated heterocycles. The quantitative estimate of drug-likeness (QED) is 0.680. The molecule has 13 heavy (non-hydrogen) atoms. The molecule has 0 heterocycles. The normalized spacial score (nSPS) is 15.0.